The first-order chi connectivity index (χ1) is 12.1. The Morgan fingerprint density at radius 3 is 2.88 bits per heavy atom. The van der Waals surface area contributed by atoms with E-state index >= 15 is 0 Å². The van der Waals surface area contributed by atoms with Crippen molar-refractivity contribution in [3.05, 3.63) is 66.5 Å². The molecule has 0 saturated heterocycles. The molecule has 128 valence electrons. The lowest BCUT2D eigenvalue weighted by Gasteiger charge is -2.08. The molecule has 0 fully saturated rings. The Labute approximate surface area is 146 Å². The van der Waals surface area contributed by atoms with Crippen molar-refractivity contribution >= 4 is 23.6 Å². The second-order valence-electron chi connectivity index (χ2n) is 4.93. The maximum Gasteiger partial charge on any atom is 0.286 e. The number of hydrazine groups is 1. The van der Waals surface area contributed by atoms with Crippen molar-refractivity contribution < 1.29 is 14.0 Å². The molecule has 0 aliphatic heterocycles. The molecule has 0 atom stereocenters. The minimum atomic E-state index is -0.440. The van der Waals surface area contributed by atoms with Crippen molar-refractivity contribution in [3.8, 4) is 5.69 Å². The number of hydrogen-bond donors (Lipinski definition) is 3. The predicted molar refractivity (Wildman–Crippen MR) is 90.6 cm³/mol. The number of rotatable bonds is 5. The fourth-order valence-electron chi connectivity index (χ4n) is 2.05. The van der Waals surface area contributed by atoms with Crippen LogP contribution >= 0.6 is 11.8 Å². The van der Waals surface area contributed by atoms with Crippen molar-refractivity contribution in [3.63, 3.8) is 0 Å². The molecule has 0 unspecified atom stereocenters. The second-order valence-corrected chi connectivity index (χ2v) is 5.88. The molecule has 25 heavy (non-hydrogen) atoms. The monoisotopic (exact) mass is 359 g/mol. The van der Waals surface area contributed by atoms with E-state index in [1.807, 2.05) is 0 Å². The summed E-state index contributed by atoms with van der Waals surface area (Å²) < 4.78 is 15.0. The van der Waals surface area contributed by atoms with Gasteiger partial charge in [0.1, 0.15) is 11.5 Å². The summed E-state index contributed by atoms with van der Waals surface area (Å²) in [6, 6.07) is 9.34. The van der Waals surface area contributed by atoms with Gasteiger partial charge in [-0.3, -0.25) is 25.0 Å². The minimum absolute atomic E-state index is 0.0390. The summed E-state index contributed by atoms with van der Waals surface area (Å²) in [6.07, 6.45) is 4.86. The molecule has 0 aliphatic carbocycles. The Morgan fingerprint density at radius 2 is 2.12 bits per heavy atom. The van der Waals surface area contributed by atoms with Crippen LogP contribution in [-0.4, -0.2) is 32.1 Å². The van der Waals surface area contributed by atoms with Crippen LogP contribution in [0, 0.1) is 5.82 Å². The lowest BCUT2D eigenvalue weighted by Crippen LogP contribution is -2.42. The van der Waals surface area contributed by atoms with Gasteiger partial charge in [0.15, 0.2) is 5.16 Å². The van der Waals surface area contributed by atoms with Crippen LogP contribution in [0.5, 0.6) is 0 Å². The molecule has 0 saturated carbocycles. The molecule has 2 heterocycles. The average molecular weight is 359 g/mol. The maximum atomic E-state index is 13.4. The fraction of sp³-hybridized carbons (Fsp3) is 0.0625. The molecular weight excluding hydrogens is 345 g/mol. The molecule has 0 bridgehead atoms. The van der Waals surface area contributed by atoms with Crippen molar-refractivity contribution in [1.82, 2.24) is 25.4 Å². The molecule has 2 amide bonds. The van der Waals surface area contributed by atoms with Crippen LogP contribution in [0.1, 0.15) is 10.5 Å². The number of hydrogen-bond acceptors (Lipinski definition) is 4. The number of aromatic amines is 1. The van der Waals surface area contributed by atoms with E-state index in [1.165, 1.54) is 23.9 Å². The van der Waals surface area contributed by atoms with E-state index in [-0.39, 0.29) is 11.6 Å². The van der Waals surface area contributed by atoms with Crippen LogP contribution in [0.3, 0.4) is 0 Å². The van der Waals surface area contributed by atoms with Gasteiger partial charge in [-0.25, -0.2) is 9.37 Å². The summed E-state index contributed by atoms with van der Waals surface area (Å²) >= 11 is 1.17. The summed E-state index contributed by atoms with van der Waals surface area (Å²) in [6.45, 7) is 0. The first-order valence-corrected chi connectivity index (χ1v) is 8.27. The van der Waals surface area contributed by atoms with Crippen molar-refractivity contribution in [2.75, 3.05) is 5.75 Å². The van der Waals surface area contributed by atoms with Crippen LogP contribution in [0.4, 0.5) is 4.39 Å². The smallest absolute Gasteiger partial charge is 0.286 e. The van der Waals surface area contributed by atoms with E-state index in [1.54, 1.807) is 47.4 Å². The standard InChI is InChI=1S/C16H14FN5O2S/c17-11-3-1-4-12(9-11)22-8-7-19-16(22)25-10-14(23)20-21-15(24)13-5-2-6-18-13/h1-9,18H,10H2,(H,20,23)(H,21,24). The topological polar surface area (TPSA) is 91.8 Å². The van der Waals surface area contributed by atoms with Crippen molar-refractivity contribution in [2.24, 2.45) is 0 Å². The number of nitrogens with one attached hydrogen (secondary N) is 3. The van der Waals surface area contributed by atoms with Gasteiger partial charge in [-0.15, -0.1) is 0 Å². The number of H-pyrrole nitrogens is 1. The average Bonchev–Trinajstić information content (AvgIpc) is 3.29. The third-order valence-corrected chi connectivity index (χ3v) is 4.15. The van der Waals surface area contributed by atoms with E-state index in [4.69, 9.17) is 0 Å². The SMILES string of the molecule is O=C(CSc1nccn1-c1cccc(F)c1)NNC(=O)c1ccc[nH]1. The van der Waals surface area contributed by atoms with Crippen LogP contribution in [-0.2, 0) is 4.79 Å². The second kappa shape index (κ2) is 7.67. The first-order valence-electron chi connectivity index (χ1n) is 7.28. The molecule has 0 spiro atoms. The van der Waals surface area contributed by atoms with Gasteiger partial charge in [-0.1, -0.05) is 17.8 Å². The van der Waals surface area contributed by atoms with E-state index in [0.29, 0.717) is 16.5 Å². The number of amides is 2. The van der Waals surface area contributed by atoms with Gasteiger partial charge in [-0.05, 0) is 30.3 Å². The highest BCUT2D eigenvalue weighted by Crippen LogP contribution is 2.20. The highest BCUT2D eigenvalue weighted by Gasteiger charge is 2.11. The quantitative estimate of drug-likeness (QED) is 0.479. The molecule has 9 heteroatoms. The zero-order valence-corrected chi connectivity index (χ0v) is 13.7. The summed E-state index contributed by atoms with van der Waals surface area (Å²) in [5, 5.41) is 0.538. The third-order valence-electron chi connectivity index (χ3n) is 3.18. The summed E-state index contributed by atoms with van der Waals surface area (Å²) in [4.78, 5) is 30.5. The Balaban J connectivity index is 1.55. The largest absolute Gasteiger partial charge is 0.357 e. The fourth-order valence-corrected chi connectivity index (χ4v) is 2.82. The number of halogens is 1. The van der Waals surface area contributed by atoms with Gasteiger partial charge in [0.2, 0.25) is 5.91 Å². The lowest BCUT2D eigenvalue weighted by molar-refractivity contribution is -0.119. The molecule has 3 N–H and O–H groups in total. The lowest BCUT2D eigenvalue weighted by atomic mass is 10.3. The number of benzene rings is 1. The highest BCUT2D eigenvalue weighted by molar-refractivity contribution is 7.99. The molecule has 3 aromatic rings. The maximum absolute atomic E-state index is 13.4. The van der Waals surface area contributed by atoms with Gasteiger partial charge in [-0.2, -0.15) is 0 Å². The molecule has 7 nitrogen and oxygen atoms in total. The van der Waals surface area contributed by atoms with Gasteiger partial charge >= 0.3 is 0 Å². The number of aromatic nitrogens is 3. The zero-order chi connectivity index (χ0) is 17.6. The molecule has 2 aromatic heterocycles. The van der Waals surface area contributed by atoms with Gasteiger partial charge in [0.05, 0.1) is 11.4 Å². The zero-order valence-electron chi connectivity index (χ0n) is 12.9. The predicted octanol–water partition coefficient (Wildman–Crippen LogP) is 1.89. The van der Waals surface area contributed by atoms with Gasteiger partial charge < -0.3 is 4.98 Å². The van der Waals surface area contributed by atoms with Crippen LogP contribution in [0.15, 0.2) is 60.1 Å². The summed E-state index contributed by atoms with van der Waals surface area (Å²) in [5.74, 6) is -1.15. The number of carbonyl (C=O) groups is 2. The Bertz CT molecular complexity index is 878. The highest BCUT2D eigenvalue weighted by atomic mass is 32.2. The van der Waals surface area contributed by atoms with E-state index in [9.17, 15) is 14.0 Å². The van der Waals surface area contributed by atoms with E-state index in [0.717, 1.165) is 0 Å². The number of imidazole rings is 1. The third kappa shape index (κ3) is 4.27. The normalized spacial score (nSPS) is 10.4. The van der Waals surface area contributed by atoms with Gasteiger partial charge in [0.25, 0.3) is 5.91 Å². The molecule has 1 aromatic carbocycles. The summed E-state index contributed by atoms with van der Waals surface area (Å²) in [7, 11) is 0. The van der Waals surface area contributed by atoms with Crippen LogP contribution < -0.4 is 10.9 Å². The van der Waals surface area contributed by atoms with Crippen molar-refractivity contribution in [1.29, 1.82) is 0 Å². The Hall–Kier alpha value is -3.07. The number of carbonyl (C=O) groups excluding carboxylic acids is 2. The van der Waals surface area contributed by atoms with Crippen LogP contribution in [0.25, 0.3) is 5.69 Å². The summed E-state index contributed by atoms with van der Waals surface area (Å²) in [5.41, 5.74) is 5.59. The molecule has 3 rings (SSSR count). The van der Waals surface area contributed by atoms with E-state index in [2.05, 4.69) is 20.8 Å². The Kier molecular flexibility index (Phi) is 5.14. The van der Waals surface area contributed by atoms with Crippen molar-refractivity contribution in [2.45, 2.75) is 5.16 Å². The minimum Gasteiger partial charge on any atom is -0.357 e. The Morgan fingerprint density at radius 1 is 1.24 bits per heavy atom. The van der Waals surface area contributed by atoms with E-state index < -0.39 is 11.8 Å². The van der Waals surface area contributed by atoms with Crippen LogP contribution in [0.2, 0.25) is 0 Å². The molecule has 0 aliphatic rings. The first kappa shape index (κ1) is 16.8. The number of nitrogens with zero attached hydrogens (tertiary/aromatic N) is 2. The molecular formula is C16H14FN5O2S. The molecule has 0 radical (unpaired) electrons. The number of thioether (sulfide) groups is 1. The van der Waals surface area contributed by atoms with Gasteiger partial charge in [0, 0.05) is 18.6 Å².